The molecular weight excluding hydrogens is 228 g/mol. The van der Waals surface area contributed by atoms with Gasteiger partial charge in [-0.15, -0.1) is 11.3 Å². The standard InChI is InChI=1S/C14H24N2S/c1-4-12-6-8-17-14(12)9-15-13-5-7-16(10-13)11(2)3/h6,8,11,13,15H,4-5,7,9-10H2,1-3H3. The van der Waals surface area contributed by atoms with Gasteiger partial charge in [-0.2, -0.15) is 0 Å². The largest absolute Gasteiger partial charge is 0.308 e. The van der Waals surface area contributed by atoms with Gasteiger partial charge < -0.3 is 5.32 Å². The maximum atomic E-state index is 3.71. The first-order valence-corrected chi connectivity index (χ1v) is 7.61. The Morgan fingerprint density at radius 1 is 1.53 bits per heavy atom. The van der Waals surface area contributed by atoms with E-state index in [0.29, 0.717) is 12.1 Å². The number of hydrogen-bond donors (Lipinski definition) is 1. The zero-order chi connectivity index (χ0) is 12.3. The molecule has 1 N–H and O–H groups in total. The van der Waals surface area contributed by atoms with Crippen LogP contribution in [0.1, 0.15) is 37.6 Å². The van der Waals surface area contributed by atoms with E-state index < -0.39 is 0 Å². The van der Waals surface area contributed by atoms with Crippen molar-refractivity contribution in [1.82, 2.24) is 10.2 Å². The van der Waals surface area contributed by atoms with Crippen molar-refractivity contribution in [1.29, 1.82) is 0 Å². The van der Waals surface area contributed by atoms with Gasteiger partial charge in [0.15, 0.2) is 0 Å². The number of nitrogens with one attached hydrogen (secondary N) is 1. The average molecular weight is 252 g/mol. The fraction of sp³-hybridized carbons (Fsp3) is 0.714. The first kappa shape index (κ1) is 13.1. The van der Waals surface area contributed by atoms with Crippen molar-refractivity contribution in [3.8, 4) is 0 Å². The fourth-order valence-electron chi connectivity index (χ4n) is 2.50. The number of likely N-dealkylation sites (tertiary alicyclic amines) is 1. The highest BCUT2D eigenvalue weighted by atomic mass is 32.1. The lowest BCUT2D eigenvalue weighted by molar-refractivity contribution is 0.268. The van der Waals surface area contributed by atoms with Crippen molar-refractivity contribution in [3.05, 3.63) is 21.9 Å². The smallest absolute Gasteiger partial charge is 0.0305 e. The summed E-state index contributed by atoms with van der Waals surface area (Å²) in [5, 5.41) is 5.93. The van der Waals surface area contributed by atoms with Gasteiger partial charge in [-0.05, 0) is 50.2 Å². The Morgan fingerprint density at radius 2 is 2.35 bits per heavy atom. The van der Waals surface area contributed by atoms with E-state index in [2.05, 4.69) is 42.4 Å². The highest BCUT2D eigenvalue weighted by Gasteiger charge is 2.23. The summed E-state index contributed by atoms with van der Waals surface area (Å²) >= 11 is 1.89. The first-order chi connectivity index (χ1) is 8.20. The Hall–Kier alpha value is -0.380. The van der Waals surface area contributed by atoms with Gasteiger partial charge in [0.25, 0.3) is 0 Å². The molecule has 0 bridgehead atoms. The zero-order valence-electron chi connectivity index (χ0n) is 11.2. The molecule has 0 aliphatic carbocycles. The Balaban J connectivity index is 1.80. The molecule has 1 aliphatic heterocycles. The lowest BCUT2D eigenvalue weighted by atomic mass is 10.2. The second kappa shape index (κ2) is 5.98. The SMILES string of the molecule is CCc1ccsc1CNC1CCN(C(C)C)C1. The summed E-state index contributed by atoms with van der Waals surface area (Å²) in [7, 11) is 0. The van der Waals surface area contributed by atoms with Crippen LogP contribution >= 0.6 is 11.3 Å². The highest BCUT2D eigenvalue weighted by molar-refractivity contribution is 7.10. The van der Waals surface area contributed by atoms with Crippen LogP contribution in [0.2, 0.25) is 0 Å². The lowest BCUT2D eigenvalue weighted by Crippen LogP contribution is -2.34. The number of aryl methyl sites for hydroxylation is 1. The molecule has 0 saturated carbocycles. The molecule has 1 atom stereocenters. The highest BCUT2D eigenvalue weighted by Crippen LogP contribution is 2.18. The quantitative estimate of drug-likeness (QED) is 0.867. The number of rotatable bonds is 5. The second-order valence-corrected chi connectivity index (χ2v) is 6.18. The summed E-state index contributed by atoms with van der Waals surface area (Å²) in [5.74, 6) is 0. The van der Waals surface area contributed by atoms with E-state index in [9.17, 15) is 0 Å². The molecule has 2 nitrogen and oxygen atoms in total. The molecule has 2 heterocycles. The third kappa shape index (κ3) is 3.30. The van der Waals surface area contributed by atoms with Crippen LogP contribution in [0, 0.1) is 0 Å². The van der Waals surface area contributed by atoms with Crippen LogP contribution in [-0.4, -0.2) is 30.1 Å². The molecule has 1 unspecified atom stereocenters. The summed E-state index contributed by atoms with van der Waals surface area (Å²) in [6.07, 6.45) is 2.45. The average Bonchev–Trinajstić information content (AvgIpc) is 2.95. The third-order valence-electron chi connectivity index (χ3n) is 3.72. The van der Waals surface area contributed by atoms with Crippen LogP contribution in [0.25, 0.3) is 0 Å². The molecule has 1 fully saturated rings. The predicted molar refractivity (Wildman–Crippen MR) is 75.7 cm³/mol. The van der Waals surface area contributed by atoms with Crippen molar-refractivity contribution in [3.63, 3.8) is 0 Å². The molecule has 0 spiro atoms. The van der Waals surface area contributed by atoms with Gasteiger partial charge in [-0.25, -0.2) is 0 Å². The van der Waals surface area contributed by atoms with Gasteiger partial charge in [0, 0.05) is 30.1 Å². The van der Waals surface area contributed by atoms with Gasteiger partial charge in [0.1, 0.15) is 0 Å². The minimum Gasteiger partial charge on any atom is -0.308 e. The summed E-state index contributed by atoms with van der Waals surface area (Å²) in [6, 6.07) is 3.63. The molecule has 17 heavy (non-hydrogen) atoms. The molecule has 1 aliphatic rings. The molecule has 0 radical (unpaired) electrons. The maximum absolute atomic E-state index is 3.71. The second-order valence-electron chi connectivity index (χ2n) is 5.18. The summed E-state index contributed by atoms with van der Waals surface area (Å²) in [6.45, 7) is 10.3. The molecular formula is C14H24N2S. The van der Waals surface area contributed by atoms with E-state index in [1.807, 2.05) is 11.3 Å². The summed E-state index contributed by atoms with van der Waals surface area (Å²) in [4.78, 5) is 4.09. The first-order valence-electron chi connectivity index (χ1n) is 6.73. The molecule has 0 amide bonds. The summed E-state index contributed by atoms with van der Waals surface area (Å²) in [5.41, 5.74) is 1.52. The van der Waals surface area contributed by atoms with E-state index in [1.54, 1.807) is 0 Å². The molecule has 1 aromatic heterocycles. The Kier molecular flexibility index (Phi) is 4.60. The normalized spacial score (nSPS) is 21.5. The zero-order valence-corrected chi connectivity index (χ0v) is 12.0. The van der Waals surface area contributed by atoms with Gasteiger partial charge >= 0.3 is 0 Å². The van der Waals surface area contributed by atoms with Crippen molar-refractivity contribution >= 4 is 11.3 Å². The molecule has 3 heteroatoms. The van der Waals surface area contributed by atoms with E-state index >= 15 is 0 Å². The Labute approximate surface area is 109 Å². The minimum absolute atomic E-state index is 0.684. The van der Waals surface area contributed by atoms with Crippen molar-refractivity contribution in [2.24, 2.45) is 0 Å². The van der Waals surface area contributed by atoms with Crippen molar-refractivity contribution < 1.29 is 0 Å². The minimum atomic E-state index is 0.684. The van der Waals surface area contributed by atoms with Crippen LogP contribution in [0.15, 0.2) is 11.4 Å². The van der Waals surface area contributed by atoms with E-state index in [-0.39, 0.29) is 0 Å². The van der Waals surface area contributed by atoms with E-state index in [0.717, 1.165) is 13.0 Å². The van der Waals surface area contributed by atoms with Gasteiger partial charge in [0.2, 0.25) is 0 Å². The number of nitrogens with zero attached hydrogens (tertiary/aromatic N) is 1. The topological polar surface area (TPSA) is 15.3 Å². The van der Waals surface area contributed by atoms with Crippen molar-refractivity contribution in [2.45, 2.75) is 52.2 Å². The predicted octanol–water partition coefficient (Wildman–Crippen LogP) is 2.88. The lowest BCUT2D eigenvalue weighted by Gasteiger charge is -2.20. The fourth-order valence-corrected chi connectivity index (χ4v) is 3.42. The summed E-state index contributed by atoms with van der Waals surface area (Å²) < 4.78 is 0. The Morgan fingerprint density at radius 3 is 3.00 bits per heavy atom. The van der Waals surface area contributed by atoms with E-state index in [4.69, 9.17) is 0 Å². The van der Waals surface area contributed by atoms with Gasteiger partial charge in [-0.1, -0.05) is 6.92 Å². The number of hydrogen-bond acceptors (Lipinski definition) is 3. The molecule has 2 rings (SSSR count). The van der Waals surface area contributed by atoms with Crippen molar-refractivity contribution in [2.75, 3.05) is 13.1 Å². The van der Waals surface area contributed by atoms with Gasteiger partial charge in [-0.3, -0.25) is 4.90 Å². The maximum Gasteiger partial charge on any atom is 0.0305 e. The van der Waals surface area contributed by atoms with Crippen LogP contribution in [0.5, 0.6) is 0 Å². The van der Waals surface area contributed by atoms with Gasteiger partial charge in [0.05, 0.1) is 0 Å². The van der Waals surface area contributed by atoms with E-state index in [1.165, 1.54) is 30.0 Å². The monoisotopic (exact) mass is 252 g/mol. The van der Waals surface area contributed by atoms with Crippen LogP contribution in [0.3, 0.4) is 0 Å². The van der Waals surface area contributed by atoms with Crippen LogP contribution in [0.4, 0.5) is 0 Å². The number of thiophene rings is 1. The van der Waals surface area contributed by atoms with Crippen LogP contribution in [-0.2, 0) is 13.0 Å². The third-order valence-corrected chi connectivity index (χ3v) is 4.68. The molecule has 1 saturated heterocycles. The molecule has 96 valence electrons. The molecule has 1 aromatic rings. The molecule has 0 aromatic carbocycles. The Bertz CT molecular complexity index is 346. The van der Waals surface area contributed by atoms with Crippen LogP contribution < -0.4 is 5.32 Å².